The number of hydrogen-bond acceptors (Lipinski definition) is 1. The summed E-state index contributed by atoms with van der Waals surface area (Å²) in [6, 6.07) is 3.97. The van der Waals surface area contributed by atoms with Crippen LogP contribution in [0.2, 0.25) is 0 Å². The van der Waals surface area contributed by atoms with Crippen molar-refractivity contribution in [2.24, 2.45) is 0 Å². The van der Waals surface area contributed by atoms with Crippen LogP contribution in [0.3, 0.4) is 0 Å². The number of hydrogen-bond donors (Lipinski definition) is 0. The zero-order valence-corrected chi connectivity index (χ0v) is 10.1. The van der Waals surface area contributed by atoms with Gasteiger partial charge in [-0.25, -0.2) is 4.98 Å². The molecule has 0 fully saturated rings. The molecule has 0 unspecified atom stereocenters. The molecule has 2 nitrogen and oxygen atoms in total. The largest absolute Gasteiger partial charge is 0.307 e. The van der Waals surface area contributed by atoms with Crippen LogP contribution in [0, 0.1) is 3.57 Å². The van der Waals surface area contributed by atoms with Crippen LogP contribution in [0.5, 0.6) is 0 Å². The van der Waals surface area contributed by atoms with E-state index < -0.39 is 4.84 Å². The van der Waals surface area contributed by atoms with E-state index in [-0.39, 0.29) is 0 Å². The van der Waals surface area contributed by atoms with Gasteiger partial charge < -0.3 is 4.40 Å². The molecule has 0 saturated heterocycles. The molecule has 2 rings (SSSR count). The zero-order valence-electron chi connectivity index (χ0n) is 6.42. The number of nitrogens with zero attached hydrogens (tertiary/aromatic N) is 2. The average Bonchev–Trinajstić information content (AvgIpc) is 2.46. The van der Waals surface area contributed by atoms with Gasteiger partial charge in [0.05, 0.1) is 5.69 Å². The van der Waals surface area contributed by atoms with Crippen molar-refractivity contribution in [1.29, 1.82) is 0 Å². The average molecular weight is 327 g/mol. The van der Waals surface area contributed by atoms with E-state index in [2.05, 4.69) is 27.6 Å². The second kappa shape index (κ2) is 3.63. The summed E-state index contributed by atoms with van der Waals surface area (Å²) < 4.78 is 3.04. The highest BCUT2D eigenvalue weighted by atomic mass is 127. The number of rotatable bonds is 1. The van der Waals surface area contributed by atoms with E-state index in [1.165, 1.54) is 0 Å². The topological polar surface area (TPSA) is 17.3 Å². The van der Waals surface area contributed by atoms with Crippen LogP contribution >= 0.6 is 45.8 Å². The Morgan fingerprint density at radius 1 is 1.46 bits per heavy atom. The highest BCUT2D eigenvalue weighted by molar-refractivity contribution is 14.1. The summed E-state index contributed by atoms with van der Waals surface area (Å²) in [6.07, 6.45) is 3.76. The van der Waals surface area contributed by atoms with Gasteiger partial charge in [-0.1, -0.05) is 23.2 Å². The van der Waals surface area contributed by atoms with Gasteiger partial charge in [0.2, 0.25) is 0 Å². The number of imidazole rings is 1. The molecule has 0 aliphatic heterocycles. The van der Waals surface area contributed by atoms with Gasteiger partial charge in [0.25, 0.3) is 0 Å². The normalized spacial score (nSPS) is 11.4. The third-order valence-electron chi connectivity index (χ3n) is 1.66. The van der Waals surface area contributed by atoms with Gasteiger partial charge in [0.15, 0.2) is 4.84 Å². The molecule has 13 heavy (non-hydrogen) atoms. The first kappa shape index (κ1) is 9.55. The summed E-state index contributed by atoms with van der Waals surface area (Å²) in [4.78, 5) is 3.71. The van der Waals surface area contributed by atoms with Crippen molar-refractivity contribution in [1.82, 2.24) is 9.38 Å². The Bertz CT molecular complexity index is 439. The van der Waals surface area contributed by atoms with Crippen LogP contribution in [0.15, 0.2) is 24.5 Å². The van der Waals surface area contributed by atoms with Crippen molar-refractivity contribution in [2.75, 3.05) is 0 Å². The maximum Gasteiger partial charge on any atom is 0.151 e. The second-order valence-electron chi connectivity index (χ2n) is 2.58. The molecule has 0 spiro atoms. The van der Waals surface area contributed by atoms with Gasteiger partial charge in [-0.3, -0.25) is 0 Å². The highest BCUT2D eigenvalue weighted by Gasteiger charge is 2.08. The van der Waals surface area contributed by atoms with Crippen molar-refractivity contribution < 1.29 is 0 Å². The molecule has 0 saturated carbocycles. The van der Waals surface area contributed by atoms with Gasteiger partial charge in [-0.15, -0.1) is 0 Å². The minimum Gasteiger partial charge on any atom is -0.307 e. The number of alkyl halides is 2. The van der Waals surface area contributed by atoms with Gasteiger partial charge in [0, 0.05) is 16.0 Å². The van der Waals surface area contributed by atoms with Gasteiger partial charge in [-0.05, 0) is 34.7 Å². The first-order valence-electron chi connectivity index (χ1n) is 3.59. The molecule has 68 valence electrons. The molecular formula is C8H5Cl2IN2. The SMILES string of the molecule is ClC(Cl)c1cn2ccc(I)cc2n1. The van der Waals surface area contributed by atoms with Crippen LogP contribution in [0.1, 0.15) is 10.5 Å². The third kappa shape index (κ3) is 1.92. The van der Waals surface area contributed by atoms with E-state index in [0.717, 1.165) is 9.22 Å². The van der Waals surface area contributed by atoms with E-state index in [9.17, 15) is 0 Å². The molecule has 0 aliphatic rings. The van der Waals surface area contributed by atoms with E-state index in [1.54, 1.807) is 0 Å². The first-order chi connectivity index (χ1) is 6.16. The molecule has 0 bridgehead atoms. The fraction of sp³-hybridized carbons (Fsp3) is 0.125. The van der Waals surface area contributed by atoms with Crippen molar-refractivity contribution >= 4 is 51.4 Å². The van der Waals surface area contributed by atoms with E-state index in [4.69, 9.17) is 23.2 Å². The number of aromatic nitrogens is 2. The predicted molar refractivity (Wildman–Crippen MR) is 62.4 cm³/mol. The van der Waals surface area contributed by atoms with Gasteiger partial charge >= 0.3 is 0 Å². The van der Waals surface area contributed by atoms with E-state index in [0.29, 0.717) is 5.69 Å². The fourth-order valence-electron chi connectivity index (χ4n) is 1.08. The monoisotopic (exact) mass is 326 g/mol. The first-order valence-corrected chi connectivity index (χ1v) is 5.54. The molecule has 5 heteroatoms. The minimum absolute atomic E-state index is 0.558. The molecule has 0 radical (unpaired) electrons. The van der Waals surface area contributed by atoms with Crippen molar-refractivity contribution in [3.63, 3.8) is 0 Å². The van der Waals surface area contributed by atoms with Crippen LogP contribution in [0.25, 0.3) is 5.65 Å². The third-order valence-corrected chi connectivity index (χ3v) is 2.78. The smallest absolute Gasteiger partial charge is 0.151 e. The number of pyridine rings is 1. The maximum atomic E-state index is 5.70. The molecule has 0 N–H and O–H groups in total. The summed E-state index contributed by atoms with van der Waals surface area (Å²) in [5.41, 5.74) is 1.55. The lowest BCUT2D eigenvalue weighted by molar-refractivity contribution is 1.17. The zero-order chi connectivity index (χ0) is 9.42. The van der Waals surface area contributed by atoms with Crippen LogP contribution in [-0.4, -0.2) is 9.38 Å². The molecule has 2 heterocycles. The highest BCUT2D eigenvalue weighted by Crippen LogP contribution is 2.24. The number of halogens is 3. The summed E-state index contributed by atoms with van der Waals surface area (Å²) >= 11 is 13.6. The van der Waals surface area contributed by atoms with Crippen LogP contribution in [-0.2, 0) is 0 Å². The Morgan fingerprint density at radius 3 is 2.92 bits per heavy atom. The predicted octanol–water partition coefficient (Wildman–Crippen LogP) is 3.42. The van der Waals surface area contributed by atoms with Gasteiger partial charge in [-0.2, -0.15) is 0 Å². The number of fused-ring (bicyclic) bond motifs is 1. The Balaban J connectivity index is 2.62. The summed E-state index contributed by atoms with van der Waals surface area (Å²) in [5.74, 6) is 0. The molecule has 2 aromatic heterocycles. The lowest BCUT2D eigenvalue weighted by atomic mass is 10.5. The molecule has 0 aromatic carbocycles. The summed E-state index contributed by atoms with van der Waals surface area (Å²) in [5, 5.41) is 0. The van der Waals surface area contributed by atoms with E-state index >= 15 is 0 Å². The van der Waals surface area contributed by atoms with Crippen molar-refractivity contribution in [3.8, 4) is 0 Å². The minimum atomic E-state index is -0.558. The standard InChI is InChI=1S/C8H5Cl2IN2/c9-8(10)6-4-13-2-1-5(11)3-7(13)12-6/h1-4,8H. The Kier molecular flexibility index (Phi) is 2.67. The summed E-state index contributed by atoms with van der Waals surface area (Å²) in [6.45, 7) is 0. The Hall–Kier alpha value is -0.000000000000000111. The lowest BCUT2D eigenvalue weighted by Gasteiger charge is -1.91. The molecular weight excluding hydrogens is 322 g/mol. The van der Waals surface area contributed by atoms with E-state index in [1.807, 2.05) is 28.9 Å². The molecule has 0 amide bonds. The van der Waals surface area contributed by atoms with Crippen molar-refractivity contribution in [3.05, 3.63) is 33.8 Å². The lowest BCUT2D eigenvalue weighted by Crippen LogP contribution is -1.81. The quantitative estimate of drug-likeness (QED) is 0.580. The fourth-order valence-corrected chi connectivity index (χ4v) is 1.73. The van der Waals surface area contributed by atoms with Crippen molar-refractivity contribution in [2.45, 2.75) is 4.84 Å². The van der Waals surface area contributed by atoms with Crippen LogP contribution in [0.4, 0.5) is 0 Å². The molecule has 0 aliphatic carbocycles. The maximum absolute atomic E-state index is 5.70. The summed E-state index contributed by atoms with van der Waals surface area (Å²) in [7, 11) is 0. The second-order valence-corrected chi connectivity index (χ2v) is 4.92. The molecule has 2 aromatic rings. The van der Waals surface area contributed by atoms with Gasteiger partial charge in [0.1, 0.15) is 5.65 Å². The Labute approximate surface area is 99.0 Å². The molecule has 0 atom stereocenters. The van der Waals surface area contributed by atoms with Crippen LogP contribution < -0.4 is 0 Å². The Morgan fingerprint density at radius 2 is 2.23 bits per heavy atom.